The van der Waals surface area contributed by atoms with Crippen molar-refractivity contribution < 1.29 is 24.5 Å². The molecule has 0 spiro atoms. The van der Waals surface area contributed by atoms with Crippen LogP contribution in [-0.4, -0.2) is 40.3 Å². The lowest BCUT2D eigenvalue weighted by Gasteiger charge is -2.07. The molecule has 0 aromatic heterocycles. The van der Waals surface area contributed by atoms with Crippen LogP contribution in [0.4, 0.5) is 0 Å². The first-order valence-electron chi connectivity index (χ1n) is 4.35. The highest BCUT2D eigenvalue weighted by Crippen LogP contribution is 2.14. The summed E-state index contributed by atoms with van der Waals surface area (Å²) in [6.45, 7) is 4.57. The van der Waals surface area contributed by atoms with Crippen molar-refractivity contribution in [3.05, 3.63) is 12.2 Å². The molecule has 1 rings (SSSR count). The molecule has 0 saturated heterocycles. The van der Waals surface area contributed by atoms with Crippen molar-refractivity contribution in [2.45, 2.75) is 19.4 Å². The summed E-state index contributed by atoms with van der Waals surface area (Å²) in [5.74, 6) is -2.51. The molecule has 0 amide bonds. The van der Waals surface area contributed by atoms with E-state index in [1.807, 2.05) is 13.8 Å². The molecule has 0 fully saturated rings. The summed E-state index contributed by atoms with van der Waals surface area (Å²) in [7, 11) is 0. The van der Waals surface area contributed by atoms with E-state index >= 15 is 0 Å². The minimum atomic E-state index is -1.26. The smallest absolute Gasteiger partial charge is 0.328 e. The summed E-state index contributed by atoms with van der Waals surface area (Å²) in [5.41, 5.74) is 5.14. The Kier molecular flexibility index (Phi) is 5.00. The van der Waals surface area contributed by atoms with Crippen molar-refractivity contribution in [2.24, 2.45) is 10.7 Å². The topological polar surface area (TPSA) is 122 Å². The summed E-state index contributed by atoms with van der Waals surface area (Å²) in [6.07, 6.45) is 1.12. The van der Waals surface area contributed by atoms with Crippen LogP contribution in [0.25, 0.3) is 0 Å². The number of hydrogen-bond acceptors (Lipinski definition) is 5. The summed E-state index contributed by atoms with van der Waals surface area (Å²) in [5, 5.41) is 15.6. The lowest BCUT2D eigenvalue weighted by Crippen LogP contribution is -2.17. The van der Waals surface area contributed by atoms with Crippen molar-refractivity contribution in [2.75, 3.05) is 6.61 Å². The minimum Gasteiger partial charge on any atom is -0.478 e. The highest BCUT2D eigenvalue weighted by Gasteiger charge is 2.24. The first-order chi connectivity index (χ1) is 7.23. The molecule has 1 aliphatic heterocycles. The number of hydrogen-bond donors (Lipinski definition) is 3. The lowest BCUT2D eigenvalue weighted by molar-refractivity contribution is -0.134. The van der Waals surface area contributed by atoms with Crippen LogP contribution in [0.5, 0.6) is 0 Å². The molecular weight excluding hydrogens is 216 g/mol. The third-order valence-electron chi connectivity index (χ3n) is 1.35. The van der Waals surface area contributed by atoms with Gasteiger partial charge in [-0.2, -0.15) is 0 Å². The van der Waals surface area contributed by atoms with E-state index < -0.39 is 11.9 Å². The normalized spacial score (nSPS) is 17.0. The molecule has 90 valence electrons. The number of nitrogens with zero attached hydrogens (tertiary/aromatic N) is 1. The molecule has 4 N–H and O–H groups in total. The molecule has 0 aliphatic carbocycles. The fraction of sp³-hybridized carbons (Fsp3) is 0.444. The van der Waals surface area contributed by atoms with Gasteiger partial charge in [0.25, 0.3) is 6.02 Å². The van der Waals surface area contributed by atoms with Crippen LogP contribution in [0.15, 0.2) is 17.1 Å². The van der Waals surface area contributed by atoms with E-state index in [0.29, 0.717) is 24.8 Å². The van der Waals surface area contributed by atoms with Gasteiger partial charge in [0.15, 0.2) is 0 Å². The van der Waals surface area contributed by atoms with Crippen molar-refractivity contribution in [3.8, 4) is 0 Å². The molecule has 0 unspecified atom stereocenters. The van der Waals surface area contributed by atoms with Crippen molar-refractivity contribution in [1.29, 1.82) is 0 Å². The van der Waals surface area contributed by atoms with Crippen LogP contribution in [0.3, 0.4) is 0 Å². The predicted octanol–water partition coefficient (Wildman–Crippen LogP) is -0.178. The average Bonchev–Trinajstić information content (AvgIpc) is 2.42. The van der Waals surface area contributed by atoms with E-state index in [-0.39, 0.29) is 5.54 Å². The highest BCUT2D eigenvalue weighted by atomic mass is 16.5. The quantitative estimate of drug-likeness (QED) is 0.565. The molecule has 7 heteroatoms. The molecule has 16 heavy (non-hydrogen) atoms. The summed E-state index contributed by atoms with van der Waals surface area (Å²) >= 11 is 0. The van der Waals surface area contributed by atoms with E-state index in [0.717, 1.165) is 0 Å². The van der Waals surface area contributed by atoms with Gasteiger partial charge in [0, 0.05) is 12.2 Å². The number of carboxylic acids is 2. The molecule has 0 bridgehead atoms. The predicted molar refractivity (Wildman–Crippen MR) is 56.1 cm³/mol. The molecule has 0 saturated carbocycles. The van der Waals surface area contributed by atoms with Crippen molar-refractivity contribution in [3.63, 3.8) is 0 Å². The second-order valence-corrected chi connectivity index (χ2v) is 3.56. The first-order valence-corrected chi connectivity index (χ1v) is 4.35. The molecule has 0 atom stereocenters. The van der Waals surface area contributed by atoms with E-state index in [2.05, 4.69) is 4.99 Å². The molecule has 7 nitrogen and oxygen atoms in total. The zero-order valence-electron chi connectivity index (χ0n) is 9.01. The standard InChI is InChI=1S/C5H10N2O.C4H4O4/c1-5(2)3-8-4(6)7-5;5-3(6)1-2-4(7)8/h3H2,1-2H3,(H2,6,7);1-2H,(H,5,6)(H,7,8)/b;2-1+. The Morgan fingerprint density at radius 2 is 1.81 bits per heavy atom. The third kappa shape index (κ3) is 7.36. The molecule has 0 aromatic carbocycles. The largest absolute Gasteiger partial charge is 0.478 e. The Morgan fingerprint density at radius 1 is 1.38 bits per heavy atom. The van der Waals surface area contributed by atoms with Gasteiger partial charge in [-0.1, -0.05) is 0 Å². The molecule has 1 aliphatic rings. The average molecular weight is 230 g/mol. The van der Waals surface area contributed by atoms with Crippen molar-refractivity contribution in [1.82, 2.24) is 0 Å². The number of carbonyl (C=O) groups is 2. The van der Waals surface area contributed by atoms with Gasteiger partial charge in [0.2, 0.25) is 0 Å². The number of rotatable bonds is 2. The van der Waals surface area contributed by atoms with Gasteiger partial charge in [-0.15, -0.1) is 0 Å². The van der Waals surface area contributed by atoms with Gasteiger partial charge in [0.05, 0.1) is 5.54 Å². The first kappa shape index (κ1) is 13.9. The minimum absolute atomic E-state index is 0.0932. The zero-order chi connectivity index (χ0) is 12.8. The third-order valence-corrected chi connectivity index (χ3v) is 1.35. The van der Waals surface area contributed by atoms with Gasteiger partial charge >= 0.3 is 11.9 Å². The summed E-state index contributed by atoms with van der Waals surface area (Å²) in [6, 6.07) is 0.315. The van der Waals surface area contributed by atoms with E-state index in [1.165, 1.54) is 0 Å². The second kappa shape index (κ2) is 5.74. The number of ether oxygens (including phenoxy) is 1. The Hall–Kier alpha value is -2.05. The lowest BCUT2D eigenvalue weighted by atomic mass is 10.1. The van der Waals surface area contributed by atoms with Crippen LogP contribution in [0, 0.1) is 0 Å². The highest BCUT2D eigenvalue weighted by molar-refractivity contribution is 5.89. The number of nitrogens with two attached hydrogens (primary N) is 1. The van der Waals surface area contributed by atoms with E-state index in [9.17, 15) is 9.59 Å². The maximum Gasteiger partial charge on any atom is 0.328 e. The van der Waals surface area contributed by atoms with Gasteiger partial charge < -0.3 is 20.7 Å². The SMILES string of the molecule is CC1(C)COC(N)=N1.O=C(O)/C=C/C(=O)O. The number of amidine groups is 1. The zero-order valence-corrected chi connectivity index (χ0v) is 9.01. The Labute approximate surface area is 92.2 Å². The fourth-order valence-corrected chi connectivity index (χ4v) is 0.756. The molecule has 0 aromatic rings. The van der Waals surface area contributed by atoms with Gasteiger partial charge in [0.1, 0.15) is 6.61 Å². The number of carboxylic acid groups (broad SMARTS) is 2. The van der Waals surface area contributed by atoms with Crippen LogP contribution in [0.1, 0.15) is 13.8 Å². The number of aliphatic carboxylic acids is 2. The van der Waals surface area contributed by atoms with Gasteiger partial charge in [-0.05, 0) is 13.8 Å². The summed E-state index contributed by atoms with van der Waals surface area (Å²) < 4.78 is 4.90. The monoisotopic (exact) mass is 230 g/mol. The Morgan fingerprint density at radius 3 is 1.94 bits per heavy atom. The van der Waals surface area contributed by atoms with Crippen LogP contribution in [-0.2, 0) is 14.3 Å². The van der Waals surface area contributed by atoms with Crippen LogP contribution >= 0.6 is 0 Å². The molecule has 1 heterocycles. The molecular formula is C9H14N2O5. The molecule has 0 radical (unpaired) electrons. The van der Waals surface area contributed by atoms with Gasteiger partial charge in [-0.3, -0.25) is 0 Å². The Bertz CT molecular complexity index is 317. The van der Waals surface area contributed by atoms with E-state index in [4.69, 9.17) is 20.7 Å². The number of aliphatic imine (C=N–C) groups is 1. The summed E-state index contributed by atoms with van der Waals surface area (Å²) in [4.78, 5) is 23.1. The maximum absolute atomic E-state index is 9.55. The van der Waals surface area contributed by atoms with Gasteiger partial charge in [-0.25, -0.2) is 14.6 Å². The van der Waals surface area contributed by atoms with E-state index in [1.54, 1.807) is 0 Å². The van der Waals surface area contributed by atoms with Crippen LogP contribution in [0.2, 0.25) is 0 Å². The second-order valence-electron chi connectivity index (χ2n) is 3.56. The van der Waals surface area contributed by atoms with Crippen LogP contribution < -0.4 is 5.73 Å². The Balaban J connectivity index is 0.000000281. The fourth-order valence-electron chi connectivity index (χ4n) is 0.756. The maximum atomic E-state index is 9.55. The van der Waals surface area contributed by atoms with Crippen molar-refractivity contribution >= 4 is 18.0 Å².